The third-order valence-electron chi connectivity index (χ3n) is 1.63. The topological polar surface area (TPSA) is 64.1 Å². The highest BCUT2D eigenvalue weighted by Crippen LogP contribution is 2.22. The molecule has 5 N–H and O–H groups in total. The Morgan fingerprint density at radius 3 is 2.93 bits per heavy atom. The maximum Gasteiger partial charge on any atom is 0.0934 e. The van der Waals surface area contributed by atoms with Crippen LogP contribution in [-0.4, -0.2) is 19.3 Å². The molecule has 3 nitrogen and oxygen atoms in total. The van der Waals surface area contributed by atoms with Crippen LogP contribution in [0, 0.1) is 0 Å². The van der Waals surface area contributed by atoms with Crippen molar-refractivity contribution in [1.29, 1.82) is 0 Å². The molecule has 0 radical (unpaired) electrons. The van der Waals surface area contributed by atoms with Gasteiger partial charge in [-0.3, -0.25) is 5.32 Å². The van der Waals surface area contributed by atoms with Crippen molar-refractivity contribution >= 4 is 29.0 Å². The second-order valence-electron chi connectivity index (χ2n) is 2.79. The zero-order chi connectivity index (χ0) is 10.4. The molecular weight excluding hydrogens is 218 g/mol. The second kappa shape index (κ2) is 6.16. The first-order chi connectivity index (χ1) is 6.72. The van der Waals surface area contributed by atoms with E-state index in [-0.39, 0.29) is 6.17 Å². The number of nitrogens with two attached hydrogens (primary N) is 2. The van der Waals surface area contributed by atoms with Gasteiger partial charge >= 0.3 is 0 Å². The first-order valence-corrected chi connectivity index (χ1v) is 5.52. The zero-order valence-electron chi connectivity index (χ0n) is 7.74. The summed E-state index contributed by atoms with van der Waals surface area (Å²) in [6.07, 6.45) is 3.87. The number of rotatable bonds is 5. The summed E-state index contributed by atoms with van der Waals surface area (Å²) in [6, 6.07) is 3.86. The lowest BCUT2D eigenvalue weighted by Gasteiger charge is -2.07. The Balaban J connectivity index is 2.27. The van der Waals surface area contributed by atoms with Gasteiger partial charge in [0.15, 0.2) is 0 Å². The quantitative estimate of drug-likeness (QED) is 0.669. The maximum absolute atomic E-state index is 5.78. The van der Waals surface area contributed by atoms with Crippen molar-refractivity contribution in [3.8, 4) is 0 Å². The number of halogens is 1. The van der Waals surface area contributed by atoms with E-state index < -0.39 is 0 Å². The standard InChI is InChI=1S/C9H14ClN3S/c10-8-4-3-7(14-8)2-1-5-13-9(12)6-11/h1-4,9,13H,5-6,11-12H2. The number of hydrogen-bond donors (Lipinski definition) is 3. The predicted octanol–water partition coefficient (Wildman–Crippen LogP) is 1.25. The molecule has 0 saturated carbocycles. The van der Waals surface area contributed by atoms with Gasteiger partial charge in [-0.05, 0) is 18.2 Å². The van der Waals surface area contributed by atoms with E-state index in [9.17, 15) is 0 Å². The van der Waals surface area contributed by atoms with Crippen molar-refractivity contribution in [2.24, 2.45) is 11.5 Å². The summed E-state index contributed by atoms with van der Waals surface area (Å²) in [4.78, 5) is 1.14. The van der Waals surface area contributed by atoms with Crippen molar-refractivity contribution in [3.05, 3.63) is 27.4 Å². The van der Waals surface area contributed by atoms with E-state index in [4.69, 9.17) is 23.1 Å². The van der Waals surface area contributed by atoms with E-state index in [1.807, 2.05) is 24.3 Å². The minimum Gasteiger partial charge on any atom is -0.328 e. The van der Waals surface area contributed by atoms with Crippen LogP contribution in [0.3, 0.4) is 0 Å². The van der Waals surface area contributed by atoms with Gasteiger partial charge in [-0.1, -0.05) is 17.7 Å². The first-order valence-electron chi connectivity index (χ1n) is 4.33. The van der Waals surface area contributed by atoms with Gasteiger partial charge in [-0.15, -0.1) is 11.3 Å². The van der Waals surface area contributed by atoms with Crippen LogP contribution in [0.1, 0.15) is 4.88 Å². The number of hydrogen-bond acceptors (Lipinski definition) is 4. The zero-order valence-corrected chi connectivity index (χ0v) is 9.31. The Kier molecular flexibility index (Phi) is 5.14. The summed E-state index contributed by atoms with van der Waals surface area (Å²) in [7, 11) is 0. The molecule has 78 valence electrons. The monoisotopic (exact) mass is 231 g/mol. The minimum atomic E-state index is -0.133. The normalized spacial score (nSPS) is 13.6. The molecule has 0 fully saturated rings. The molecule has 0 saturated heterocycles. The molecule has 0 aliphatic rings. The van der Waals surface area contributed by atoms with Crippen LogP contribution in [0.5, 0.6) is 0 Å². The average molecular weight is 232 g/mol. The Labute approximate surface area is 92.7 Å². The van der Waals surface area contributed by atoms with Crippen molar-refractivity contribution in [2.45, 2.75) is 6.17 Å². The fourth-order valence-electron chi connectivity index (χ4n) is 0.896. The van der Waals surface area contributed by atoms with Gasteiger partial charge in [0.05, 0.1) is 10.5 Å². The predicted molar refractivity (Wildman–Crippen MR) is 63.4 cm³/mol. The van der Waals surface area contributed by atoms with Gasteiger partial charge in [0.1, 0.15) is 0 Å². The molecule has 1 aromatic heterocycles. The lowest BCUT2D eigenvalue weighted by atomic mass is 10.4. The van der Waals surface area contributed by atoms with E-state index in [2.05, 4.69) is 5.32 Å². The number of thiophene rings is 1. The van der Waals surface area contributed by atoms with Crippen LogP contribution in [-0.2, 0) is 0 Å². The Hall–Kier alpha value is -0.390. The maximum atomic E-state index is 5.78. The lowest BCUT2D eigenvalue weighted by Crippen LogP contribution is -2.43. The Morgan fingerprint density at radius 1 is 1.57 bits per heavy atom. The lowest BCUT2D eigenvalue weighted by molar-refractivity contribution is 0.569. The van der Waals surface area contributed by atoms with Crippen LogP contribution in [0.4, 0.5) is 0 Å². The van der Waals surface area contributed by atoms with Gasteiger partial charge < -0.3 is 11.5 Å². The number of nitrogens with one attached hydrogen (secondary N) is 1. The summed E-state index contributed by atoms with van der Waals surface area (Å²) in [6.45, 7) is 1.16. The van der Waals surface area contributed by atoms with Crippen molar-refractivity contribution < 1.29 is 0 Å². The van der Waals surface area contributed by atoms with Crippen LogP contribution < -0.4 is 16.8 Å². The van der Waals surface area contributed by atoms with Crippen molar-refractivity contribution in [2.75, 3.05) is 13.1 Å². The third-order valence-corrected chi connectivity index (χ3v) is 2.82. The molecule has 1 heterocycles. The van der Waals surface area contributed by atoms with E-state index in [1.54, 1.807) is 11.3 Å². The molecule has 0 aliphatic heterocycles. The molecule has 1 atom stereocenters. The van der Waals surface area contributed by atoms with Crippen LogP contribution in [0.2, 0.25) is 4.34 Å². The molecule has 0 aliphatic carbocycles. The highest BCUT2D eigenvalue weighted by molar-refractivity contribution is 7.16. The van der Waals surface area contributed by atoms with Crippen molar-refractivity contribution in [1.82, 2.24) is 5.32 Å². The molecule has 1 rings (SSSR count). The molecule has 0 amide bonds. The van der Waals surface area contributed by atoms with Crippen LogP contribution in [0.25, 0.3) is 6.08 Å². The SMILES string of the molecule is NCC(N)NCC=Cc1ccc(Cl)s1. The summed E-state index contributed by atoms with van der Waals surface area (Å²) >= 11 is 7.33. The molecular formula is C9H14ClN3S. The van der Waals surface area contributed by atoms with Crippen LogP contribution >= 0.6 is 22.9 Å². The second-order valence-corrected chi connectivity index (χ2v) is 4.54. The van der Waals surface area contributed by atoms with Gasteiger partial charge in [0.2, 0.25) is 0 Å². The highest BCUT2D eigenvalue weighted by Gasteiger charge is 1.94. The molecule has 5 heteroatoms. The highest BCUT2D eigenvalue weighted by atomic mass is 35.5. The molecule has 0 aromatic carbocycles. The largest absolute Gasteiger partial charge is 0.328 e. The van der Waals surface area contributed by atoms with Crippen LogP contribution in [0.15, 0.2) is 18.2 Å². The van der Waals surface area contributed by atoms with Gasteiger partial charge in [0.25, 0.3) is 0 Å². The fourth-order valence-corrected chi connectivity index (χ4v) is 1.89. The van der Waals surface area contributed by atoms with E-state index in [0.717, 1.165) is 9.21 Å². The Bertz CT molecular complexity index is 298. The summed E-state index contributed by atoms with van der Waals surface area (Å²) < 4.78 is 0.802. The summed E-state index contributed by atoms with van der Waals surface area (Å²) in [5.74, 6) is 0. The summed E-state index contributed by atoms with van der Waals surface area (Å²) in [5.41, 5.74) is 10.9. The van der Waals surface area contributed by atoms with Crippen molar-refractivity contribution in [3.63, 3.8) is 0 Å². The molecule has 1 aromatic rings. The van der Waals surface area contributed by atoms with E-state index in [1.165, 1.54) is 0 Å². The molecule has 1 unspecified atom stereocenters. The molecule has 0 bridgehead atoms. The minimum absolute atomic E-state index is 0.133. The average Bonchev–Trinajstić information content (AvgIpc) is 2.58. The van der Waals surface area contributed by atoms with Gasteiger partial charge in [0, 0.05) is 18.0 Å². The van der Waals surface area contributed by atoms with E-state index >= 15 is 0 Å². The molecule has 0 spiro atoms. The third kappa shape index (κ3) is 4.21. The van der Waals surface area contributed by atoms with E-state index in [0.29, 0.717) is 13.1 Å². The first kappa shape index (κ1) is 11.7. The fraction of sp³-hybridized carbons (Fsp3) is 0.333. The Morgan fingerprint density at radius 2 is 2.36 bits per heavy atom. The molecule has 14 heavy (non-hydrogen) atoms. The van der Waals surface area contributed by atoms with Gasteiger partial charge in [-0.2, -0.15) is 0 Å². The van der Waals surface area contributed by atoms with Gasteiger partial charge in [-0.25, -0.2) is 0 Å². The summed E-state index contributed by atoms with van der Waals surface area (Å²) in [5, 5.41) is 3.05. The smallest absolute Gasteiger partial charge is 0.0934 e.